The van der Waals surface area contributed by atoms with Gasteiger partial charge in [0.1, 0.15) is 0 Å². The molecule has 0 aliphatic heterocycles. The van der Waals surface area contributed by atoms with E-state index in [-0.39, 0.29) is 5.69 Å². The fraction of sp³-hybridized carbons (Fsp3) is 0.125. The summed E-state index contributed by atoms with van der Waals surface area (Å²) in [4.78, 5) is 14.5. The van der Waals surface area contributed by atoms with E-state index in [4.69, 9.17) is 4.52 Å². The largest absolute Gasteiger partial charge is 0.351 e. The summed E-state index contributed by atoms with van der Waals surface area (Å²) in [5, 5.41) is 17.5. The van der Waals surface area contributed by atoms with Gasteiger partial charge in [-0.25, -0.2) is 0 Å². The van der Waals surface area contributed by atoms with Crippen LogP contribution in [0.1, 0.15) is 5.56 Å². The summed E-state index contributed by atoms with van der Waals surface area (Å²) in [7, 11) is 0. The number of nitrogens with one attached hydrogen (secondary N) is 1. The Kier molecular flexibility index (Phi) is 4.28. The normalized spacial score (nSPS) is 10.4. The lowest BCUT2D eigenvalue weighted by atomic mass is 10.1. The molecule has 0 aliphatic rings. The topological polar surface area (TPSA) is 94.1 Å². The predicted molar refractivity (Wildman–Crippen MR) is 85.0 cm³/mol. The number of non-ortho nitro benzene ring substituents is 1. The molecule has 0 unspecified atom stereocenters. The molecule has 23 heavy (non-hydrogen) atoms. The third kappa shape index (κ3) is 3.70. The third-order valence-corrected chi connectivity index (χ3v) is 3.29. The highest BCUT2D eigenvalue weighted by Gasteiger charge is 2.08. The van der Waals surface area contributed by atoms with Crippen LogP contribution < -0.4 is 5.32 Å². The minimum atomic E-state index is -0.410. The smallest absolute Gasteiger partial charge is 0.269 e. The predicted octanol–water partition coefficient (Wildman–Crippen LogP) is 3.30. The van der Waals surface area contributed by atoms with E-state index in [0.717, 1.165) is 11.1 Å². The molecule has 0 bridgehead atoms. The van der Waals surface area contributed by atoms with Gasteiger partial charge in [0.2, 0.25) is 0 Å². The number of rotatable bonds is 6. The van der Waals surface area contributed by atoms with Crippen molar-refractivity contribution in [1.29, 1.82) is 0 Å². The first-order chi connectivity index (χ1) is 11.2. The molecule has 1 heterocycles. The molecule has 0 atom stereocenters. The van der Waals surface area contributed by atoms with Crippen LogP contribution >= 0.6 is 0 Å². The van der Waals surface area contributed by atoms with Gasteiger partial charge >= 0.3 is 0 Å². The van der Waals surface area contributed by atoms with Crippen LogP contribution in [0.25, 0.3) is 11.5 Å². The van der Waals surface area contributed by atoms with Crippen LogP contribution in [0.5, 0.6) is 0 Å². The number of anilines is 1. The number of benzene rings is 2. The molecule has 7 heteroatoms. The number of nitro benzene ring substituents is 1. The Morgan fingerprint density at radius 3 is 2.52 bits per heavy atom. The number of aromatic nitrogens is 2. The second-order valence-electron chi connectivity index (χ2n) is 4.89. The maximum absolute atomic E-state index is 10.6. The van der Waals surface area contributed by atoms with Crippen LogP contribution in [-0.4, -0.2) is 21.6 Å². The van der Waals surface area contributed by atoms with Gasteiger partial charge in [0.25, 0.3) is 17.5 Å². The second kappa shape index (κ2) is 6.69. The molecule has 2 aromatic carbocycles. The van der Waals surface area contributed by atoms with Gasteiger partial charge < -0.3 is 9.84 Å². The Balaban J connectivity index is 1.55. The molecular weight excluding hydrogens is 296 g/mol. The minimum absolute atomic E-state index is 0.0902. The average Bonchev–Trinajstić information content (AvgIpc) is 3.05. The van der Waals surface area contributed by atoms with Gasteiger partial charge in [-0.3, -0.25) is 10.1 Å². The van der Waals surface area contributed by atoms with Gasteiger partial charge in [-0.2, -0.15) is 4.98 Å². The van der Waals surface area contributed by atoms with Crippen LogP contribution in [0.2, 0.25) is 0 Å². The first kappa shape index (κ1) is 14.7. The van der Waals surface area contributed by atoms with Crippen LogP contribution in [0.3, 0.4) is 0 Å². The maximum atomic E-state index is 10.6. The minimum Gasteiger partial charge on any atom is -0.351 e. The summed E-state index contributed by atoms with van der Waals surface area (Å²) in [5.74, 6) is 0.884. The Morgan fingerprint density at radius 2 is 1.83 bits per heavy atom. The quantitative estimate of drug-likeness (QED) is 0.554. The lowest BCUT2D eigenvalue weighted by Gasteiger charge is -2.01. The summed E-state index contributed by atoms with van der Waals surface area (Å²) in [6.45, 7) is 0.603. The summed E-state index contributed by atoms with van der Waals surface area (Å²) in [5.41, 5.74) is 1.95. The van der Waals surface area contributed by atoms with Gasteiger partial charge in [0, 0.05) is 24.2 Å². The van der Waals surface area contributed by atoms with Gasteiger partial charge in [-0.15, -0.1) is 0 Å². The van der Waals surface area contributed by atoms with Crippen molar-refractivity contribution in [2.45, 2.75) is 6.42 Å². The average molecular weight is 310 g/mol. The van der Waals surface area contributed by atoms with Gasteiger partial charge in [0.05, 0.1) is 4.92 Å². The summed E-state index contributed by atoms with van der Waals surface area (Å²) in [6, 6.07) is 16.0. The van der Waals surface area contributed by atoms with Gasteiger partial charge in [0.15, 0.2) is 0 Å². The molecule has 3 aromatic rings. The Hall–Kier alpha value is -3.22. The van der Waals surface area contributed by atoms with Gasteiger partial charge in [-0.05, 0) is 29.3 Å². The fourth-order valence-corrected chi connectivity index (χ4v) is 2.10. The van der Waals surface area contributed by atoms with Crippen molar-refractivity contribution in [1.82, 2.24) is 10.1 Å². The van der Waals surface area contributed by atoms with Crippen LogP contribution in [0, 0.1) is 10.1 Å². The van der Waals surface area contributed by atoms with Crippen molar-refractivity contribution < 1.29 is 9.45 Å². The van der Waals surface area contributed by atoms with Crippen LogP contribution in [0.4, 0.5) is 11.6 Å². The standard InChI is InChI=1S/C16H14N4O3/c21-20(22)14-8-6-12(7-9-14)10-11-17-16-18-15(23-19-16)13-4-2-1-3-5-13/h1-9H,10-11H2,(H,17,19). The molecule has 1 aromatic heterocycles. The highest BCUT2D eigenvalue weighted by atomic mass is 16.6. The van der Waals surface area contributed by atoms with Crippen molar-refractivity contribution >= 4 is 11.6 Å². The summed E-state index contributed by atoms with van der Waals surface area (Å²) in [6.07, 6.45) is 0.702. The first-order valence-electron chi connectivity index (χ1n) is 7.09. The number of hydrogen-bond acceptors (Lipinski definition) is 6. The fourth-order valence-electron chi connectivity index (χ4n) is 2.10. The highest BCUT2D eigenvalue weighted by Crippen LogP contribution is 2.18. The van der Waals surface area contributed by atoms with E-state index in [2.05, 4.69) is 15.5 Å². The van der Waals surface area contributed by atoms with Crippen LogP contribution in [-0.2, 0) is 6.42 Å². The van der Waals surface area contributed by atoms with E-state index in [1.807, 2.05) is 30.3 Å². The molecule has 1 N–H and O–H groups in total. The van der Waals surface area contributed by atoms with Gasteiger partial charge in [-0.1, -0.05) is 30.3 Å². The molecule has 0 spiro atoms. The van der Waals surface area contributed by atoms with Crippen molar-refractivity contribution in [3.8, 4) is 11.5 Å². The summed E-state index contributed by atoms with van der Waals surface area (Å²) >= 11 is 0. The molecule has 0 fully saturated rings. The van der Waals surface area contributed by atoms with Crippen LogP contribution in [0.15, 0.2) is 59.1 Å². The molecule has 0 amide bonds. The monoisotopic (exact) mass is 310 g/mol. The second-order valence-corrected chi connectivity index (χ2v) is 4.89. The zero-order chi connectivity index (χ0) is 16.1. The molecule has 116 valence electrons. The lowest BCUT2D eigenvalue weighted by molar-refractivity contribution is -0.384. The molecule has 0 aliphatic carbocycles. The molecule has 0 saturated carbocycles. The van der Waals surface area contributed by atoms with E-state index in [0.29, 0.717) is 24.8 Å². The van der Waals surface area contributed by atoms with E-state index in [9.17, 15) is 10.1 Å². The lowest BCUT2D eigenvalue weighted by Crippen LogP contribution is -2.06. The highest BCUT2D eigenvalue weighted by molar-refractivity contribution is 5.53. The van der Waals surface area contributed by atoms with E-state index >= 15 is 0 Å². The molecule has 3 rings (SSSR count). The van der Waals surface area contributed by atoms with E-state index in [1.54, 1.807) is 12.1 Å². The first-order valence-corrected chi connectivity index (χ1v) is 7.09. The van der Waals surface area contributed by atoms with Crippen molar-refractivity contribution in [3.05, 3.63) is 70.3 Å². The van der Waals surface area contributed by atoms with Crippen molar-refractivity contribution in [2.75, 3.05) is 11.9 Å². The molecule has 0 saturated heterocycles. The Bertz CT molecular complexity index is 785. The molecule has 7 nitrogen and oxygen atoms in total. The number of hydrogen-bond donors (Lipinski definition) is 1. The Morgan fingerprint density at radius 1 is 1.09 bits per heavy atom. The third-order valence-electron chi connectivity index (χ3n) is 3.29. The zero-order valence-corrected chi connectivity index (χ0v) is 12.2. The maximum Gasteiger partial charge on any atom is 0.269 e. The number of nitro groups is 1. The number of nitrogens with zero attached hydrogens (tertiary/aromatic N) is 3. The van der Waals surface area contributed by atoms with Crippen molar-refractivity contribution in [3.63, 3.8) is 0 Å². The Labute approximate surface area is 132 Å². The molecule has 0 radical (unpaired) electrons. The molecular formula is C16H14N4O3. The van der Waals surface area contributed by atoms with E-state index < -0.39 is 4.92 Å². The SMILES string of the molecule is O=[N+]([O-])c1ccc(CCNc2noc(-c3ccccc3)n2)cc1. The van der Waals surface area contributed by atoms with E-state index in [1.165, 1.54) is 12.1 Å². The van der Waals surface area contributed by atoms with Crippen molar-refractivity contribution in [2.24, 2.45) is 0 Å². The zero-order valence-electron chi connectivity index (χ0n) is 12.2. The summed E-state index contributed by atoms with van der Waals surface area (Å²) < 4.78 is 5.20.